The van der Waals surface area contributed by atoms with Gasteiger partial charge < -0.3 is 4.42 Å². The van der Waals surface area contributed by atoms with E-state index in [1.807, 2.05) is 6.26 Å². The molecule has 14 heavy (non-hydrogen) atoms. The van der Waals surface area contributed by atoms with Crippen molar-refractivity contribution in [1.82, 2.24) is 4.90 Å². The van der Waals surface area contributed by atoms with Crippen molar-refractivity contribution in [3.8, 4) is 0 Å². The molecule has 2 rings (SSSR count). The summed E-state index contributed by atoms with van der Waals surface area (Å²) in [5, 5.41) is 0. The lowest BCUT2D eigenvalue weighted by Gasteiger charge is -2.30. The van der Waals surface area contributed by atoms with E-state index < -0.39 is 0 Å². The van der Waals surface area contributed by atoms with Crippen LogP contribution in [-0.2, 0) is 6.54 Å². The zero-order valence-electron chi connectivity index (χ0n) is 8.91. The highest BCUT2D eigenvalue weighted by molar-refractivity contribution is 5.05. The minimum atomic E-state index is 0.790. The molecule has 0 bridgehead atoms. The summed E-state index contributed by atoms with van der Waals surface area (Å²) in [6, 6.07) is 2.85. The lowest BCUT2D eigenvalue weighted by molar-refractivity contribution is 0.184. The van der Waals surface area contributed by atoms with E-state index in [1.54, 1.807) is 6.26 Å². The molecule has 0 atom stereocenters. The van der Waals surface area contributed by atoms with Crippen LogP contribution in [0.15, 0.2) is 23.0 Å². The Morgan fingerprint density at radius 3 is 2.79 bits per heavy atom. The fourth-order valence-corrected chi connectivity index (χ4v) is 2.32. The van der Waals surface area contributed by atoms with Gasteiger partial charge in [0, 0.05) is 18.2 Å². The minimum absolute atomic E-state index is 0.790. The quantitative estimate of drug-likeness (QED) is 0.733. The second kappa shape index (κ2) is 4.65. The molecular formula is C12H19NO. The van der Waals surface area contributed by atoms with Crippen LogP contribution in [0.3, 0.4) is 0 Å². The Labute approximate surface area is 85.9 Å². The predicted molar refractivity (Wildman–Crippen MR) is 57.0 cm³/mol. The SMILES string of the molecule is CN(Cc1ccoc1)C1CCCCC1. The molecule has 0 amide bonds. The van der Waals surface area contributed by atoms with Crippen molar-refractivity contribution in [2.45, 2.75) is 44.7 Å². The molecule has 1 saturated carbocycles. The molecule has 1 aromatic rings. The Hall–Kier alpha value is -0.760. The Morgan fingerprint density at radius 2 is 2.14 bits per heavy atom. The molecule has 0 spiro atoms. The molecule has 0 N–H and O–H groups in total. The van der Waals surface area contributed by atoms with E-state index in [4.69, 9.17) is 4.42 Å². The highest BCUT2D eigenvalue weighted by Crippen LogP contribution is 2.22. The monoisotopic (exact) mass is 193 g/mol. The van der Waals surface area contributed by atoms with Gasteiger partial charge in [0.25, 0.3) is 0 Å². The first-order valence-electron chi connectivity index (χ1n) is 5.57. The van der Waals surface area contributed by atoms with E-state index >= 15 is 0 Å². The summed E-state index contributed by atoms with van der Waals surface area (Å²) in [6.45, 7) is 1.03. The molecule has 1 aromatic heterocycles. The van der Waals surface area contributed by atoms with Gasteiger partial charge in [-0.15, -0.1) is 0 Å². The van der Waals surface area contributed by atoms with E-state index in [0.29, 0.717) is 0 Å². The van der Waals surface area contributed by atoms with Crippen LogP contribution in [0, 0.1) is 0 Å². The van der Waals surface area contributed by atoms with E-state index in [9.17, 15) is 0 Å². The fraction of sp³-hybridized carbons (Fsp3) is 0.667. The summed E-state index contributed by atoms with van der Waals surface area (Å²) in [5.74, 6) is 0. The van der Waals surface area contributed by atoms with Crippen LogP contribution in [0.2, 0.25) is 0 Å². The Morgan fingerprint density at radius 1 is 1.36 bits per heavy atom. The third kappa shape index (κ3) is 2.38. The highest BCUT2D eigenvalue weighted by atomic mass is 16.3. The van der Waals surface area contributed by atoms with Gasteiger partial charge in [-0.3, -0.25) is 4.90 Å². The van der Waals surface area contributed by atoms with Gasteiger partial charge in [0.05, 0.1) is 12.5 Å². The van der Waals surface area contributed by atoms with Crippen LogP contribution < -0.4 is 0 Å². The third-order valence-corrected chi connectivity index (χ3v) is 3.21. The molecule has 2 nitrogen and oxygen atoms in total. The second-order valence-electron chi connectivity index (χ2n) is 4.34. The third-order valence-electron chi connectivity index (χ3n) is 3.21. The number of rotatable bonds is 3. The number of nitrogens with zero attached hydrogens (tertiary/aromatic N) is 1. The summed E-state index contributed by atoms with van der Waals surface area (Å²) in [5.41, 5.74) is 1.29. The van der Waals surface area contributed by atoms with Crippen LogP contribution in [0.4, 0.5) is 0 Å². The molecule has 1 heterocycles. The smallest absolute Gasteiger partial charge is 0.0947 e. The summed E-state index contributed by atoms with van der Waals surface area (Å²) < 4.78 is 5.08. The lowest BCUT2D eigenvalue weighted by atomic mass is 9.94. The van der Waals surface area contributed by atoms with Crippen molar-refractivity contribution in [3.05, 3.63) is 24.2 Å². The van der Waals surface area contributed by atoms with Gasteiger partial charge in [0.2, 0.25) is 0 Å². The fourth-order valence-electron chi connectivity index (χ4n) is 2.32. The highest BCUT2D eigenvalue weighted by Gasteiger charge is 2.17. The molecule has 0 radical (unpaired) electrons. The molecule has 0 aliphatic heterocycles. The van der Waals surface area contributed by atoms with Crippen molar-refractivity contribution in [2.24, 2.45) is 0 Å². The molecule has 0 saturated heterocycles. The average molecular weight is 193 g/mol. The first-order chi connectivity index (χ1) is 6.86. The van der Waals surface area contributed by atoms with Crippen LogP contribution in [0.25, 0.3) is 0 Å². The van der Waals surface area contributed by atoms with Crippen molar-refractivity contribution in [1.29, 1.82) is 0 Å². The Bertz CT molecular complexity index is 249. The number of hydrogen-bond acceptors (Lipinski definition) is 2. The summed E-state index contributed by atoms with van der Waals surface area (Å²) in [7, 11) is 2.23. The minimum Gasteiger partial charge on any atom is -0.472 e. The van der Waals surface area contributed by atoms with E-state index in [0.717, 1.165) is 12.6 Å². The lowest BCUT2D eigenvalue weighted by Crippen LogP contribution is -2.32. The average Bonchev–Trinajstić information content (AvgIpc) is 2.72. The molecule has 0 aromatic carbocycles. The van der Waals surface area contributed by atoms with Crippen molar-refractivity contribution in [3.63, 3.8) is 0 Å². The van der Waals surface area contributed by atoms with Gasteiger partial charge in [0.15, 0.2) is 0 Å². The van der Waals surface area contributed by atoms with E-state index in [-0.39, 0.29) is 0 Å². The maximum Gasteiger partial charge on any atom is 0.0947 e. The molecule has 1 aliphatic carbocycles. The standard InChI is InChI=1S/C12H19NO/c1-13(9-11-7-8-14-10-11)12-5-3-2-4-6-12/h7-8,10,12H,2-6,9H2,1H3. The zero-order valence-corrected chi connectivity index (χ0v) is 8.91. The zero-order chi connectivity index (χ0) is 9.80. The van der Waals surface area contributed by atoms with Gasteiger partial charge in [-0.2, -0.15) is 0 Å². The molecule has 1 fully saturated rings. The summed E-state index contributed by atoms with van der Waals surface area (Å²) in [4.78, 5) is 2.46. The van der Waals surface area contributed by atoms with Gasteiger partial charge in [-0.25, -0.2) is 0 Å². The first-order valence-corrected chi connectivity index (χ1v) is 5.57. The van der Waals surface area contributed by atoms with Crippen molar-refractivity contribution < 1.29 is 4.42 Å². The molecule has 78 valence electrons. The Kier molecular flexibility index (Phi) is 3.25. The molecule has 1 aliphatic rings. The van der Waals surface area contributed by atoms with Gasteiger partial charge in [-0.1, -0.05) is 19.3 Å². The predicted octanol–water partition coefficient (Wildman–Crippen LogP) is 3.04. The summed E-state index contributed by atoms with van der Waals surface area (Å²) in [6.07, 6.45) is 10.6. The van der Waals surface area contributed by atoms with Crippen LogP contribution in [0.1, 0.15) is 37.7 Å². The van der Waals surface area contributed by atoms with Crippen LogP contribution >= 0.6 is 0 Å². The second-order valence-corrected chi connectivity index (χ2v) is 4.34. The maximum atomic E-state index is 5.08. The molecule has 2 heteroatoms. The van der Waals surface area contributed by atoms with Crippen LogP contribution in [-0.4, -0.2) is 18.0 Å². The summed E-state index contributed by atoms with van der Waals surface area (Å²) >= 11 is 0. The van der Waals surface area contributed by atoms with Crippen molar-refractivity contribution >= 4 is 0 Å². The van der Waals surface area contributed by atoms with Gasteiger partial charge >= 0.3 is 0 Å². The van der Waals surface area contributed by atoms with Gasteiger partial charge in [-0.05, 0) is 26.0 Å². The maximum absolute atomic E-state index is 5.08. The van der Waals surface area contributed by atoms with Crippen LogP contribution in [0.5, 0.6) is 0 Å². The number of hydrogen-bond donors (Lipinski definition) is 0. The normalized spacial score (nSPS) is 19.0. The largest absolute Gasteiger partial charge is 0.472 e. The van der Waals surface area contributed by atoms with E-state index in [1.165, 1.54) is 37.7 Å². The van der Waals surface area contributed by atoms with E-state index in [2.05, 4.69) is 18.0 Å². The number of furan rings is 1. The Balaban J connectivity index is 1.85. The molecule has 0 unspecified atom stereocenters. The topological polar surface area (TPSA) is 16.4 Å². The van der Waals surface area contributed by atoms with Crippen molar-refractivity contribution in [2.75, 3.05) is 7.05 Å². The molecular weight excluding hydrogens is 174 g/mol. The first kappa shape index (κ1) is 9.78. The van der Waals surface area contributed by atoms with Gasteiger partial charge in [0.1, 0.15) is 0 Å².